The molecule has 4 rings (SSSR count). The van der Waals surface area contributed by atoms with Gasteiger partial charge in [0.25, 0.3) is 0 Å². The van der Waals surface area contributed by atoms with Gasteiger partial charge < -0.3 is 15.7 Å². The first-order valence-corrected chi connectivity index (χ1v) is 9.87. The first-order valence-electron chi connectivity index (χ1n) is 9.53. The van der Waals surface area contributed by atoms with Crippen molar-refractivity contribution in [3.05, 3.63) is 53.7 Å². The summed E-state index contributed by atoms with van der Waals surface area (Å²) in [6.07, 6.45) is 1.33. The maximum absolute atomic E-state index is 10.2. The topological polar surface area (TPSA) is 77.7 Å². The van der Waals surface area contributed by atoms with Gasteiger partial charge >= 0.3 is 0 Å². The van der Waals surface area contributed by atoms with Gasteiger partial charge in [0.1, 0.15) is 11.6 Å². The van der Waals surface area contributed by atoms with Crippen molar-refractivity contribution in [1.29, 1.82) is 0 Å². The number of aromatic nitrogens is 3. The predicted octanol–water partition coefficient (Wildman–Crippen LogP) is 3.08. The number of nitrogens with zero attached hydrogens (tertiary/aromatic N) is 4. The van der Waals surface area contributed by atoms with E-state index in [9.17, 15) is 5.11 Å². The van der Waals surface area contributed by atoms with Gasteiger partial charge in [-0.2, -0.15) is 9.61 Å². The maximum atomic E-state index is 10.2. The molecule has 0 radical (unpaired) electrons. The first-order chi connectivity index (χ1) is 13.5. The molecule has 1 aromatic carbocycles. The van der Waals surface area contributed by atoms with Crippen molar-refractivity contribution in [2.45, 2.75) is 38.5 Å². The molecule has 148 valence electrons. The monoisotopic (exact) mass is 400 g/mol. The van der Waals surface area contributed by atoms with Crippen LogP contribution in [0.2, 0.25) is 0 Å². The Hall–Kier alpha value is -2.35. The van der Waals surface area contributed by atoms with Crippen molar-refractivity contribution < 1.29 is 5.11 Å². The van der Waals surface area contributed by atoms with Crippen LogP contribution in [0.4, 0.5) is 11.6 Å². The third-order valence-corrected chi connectivity index (χ3v) is 5.29. The first kappa shape index (κ1) is 19.0. The number of β-amino-alcohol motifs (C(OH)–C–C–N with tert-alkyl or cyclic N) is 1. The smallest absolute Gasteiger partial charge is 0.163 e. The number of hydrogen-bond acceptors (Lipinski definition) is 6. The average molecular weight is 401 g/mol. The van der Waals surface area contributed by atoms with E-state index in [2.05, 4.69) is 41.7 Å². The van der Waals surface area contributed by atoms with Gasteiger partial charge in [-0.15, -0.1) is 0 Å². The van der Waals surface area contributed by atoms with Gasteiger partial charge in [-0.1, -0.05) is 44.2 Å². The highest BCUT2D eigenvalue weighted by atomic mass is 35.5. The zero-order valence-corrected chi connectivity index (χ0v) is 16.8. The van der Waals surface area contributed by atoms with Crippen LogP contribution in [-0.2, 0) is 6.54 Å². The minimum Gasteiger partial charge on any atom is -0.390 e. The van der Waals surface area contributed by atoms with Crippen LogP contribution in [0.1, 0.15) is 30.9 Å². The Labute approximate surface area is 169 Å². The molecule has 0 saturated carbocycles. The fraction of sp³-hybridized carbons (Fsp3) is 0.400. The molecule has 2 atom stereocenters. The molecule has 1 aliphatic heterocycles. The lowest BCUT2D eigenvalue weighted by Crippen LogP contribution is -2.32. The third kappa shape index (κ3) is 3.92. The summed E-state index contributed by atoms with van der Waals surface area (Å²) in [5.74, 6) is 1.84. The molecule has 1 aliphatic rings. The number of rotatable bonds is 6. The molecule has 1 saturated heterocycles. The predicted molar refractivity (Wildman–Crippen MR) is 112 cm³/mol. The van der Waals surface area contributed by atoms with Crippen LogP contribution in [0.15, 0.2) is 42.6 Å². The molecule has 3 aromatic rings. The van der Waals surface area contributed by atoms with E-state index in [0.717, 1.165) is 17.0 Å². The molecule has 2 aromatic heterocycles. The van der Waals surface area contributed by atoms with E-state index in [1.807, 2.05) is 35.0 Å². The SMILES string of the molecule is CC(C)c1cnn2c(NCc3ccccc3)cc(N[C@H]3CN(Cl)C[C@H]3O)nc12. The molecule has 0 aliphatic carbocycles. The highest BCUT2D eigenvalue weighted by Gasteiger charge is 2.31. The lowest BCUT2D eigenvalue weighted by Gasteiger charge is -2.18. The summed E-state index contributed by atoms with van der Waals surface area (Å²) < 4.78 is 3.43. The van der Waals surface area contributed by atoms with Crippen molar-refractivity contribution in [2.24, 2.45) is 0 Å². The Morgan fingerprint density at radius 1 is 1.25 bits per heavy atom. The number of nitrogens with one attached hydrogen (secondary N) is 2. The van der Waals surface area contributed by atoms with Crippen LogP contribution >= 0.6 is 11.8 Å². The van der Waals surface area contributed by atoms with E-state index in [4.69, 9.17) is 16.8 Å². The summed E-state index contributed by atoms with van der Waals surface area (Å²) in [6, 6.07) is 12.0. The Kier molecular flexibility index (Phi) is 5.39. The normalized spacial score (nSPS) is 20.2. The zero-order chi connectivity index (χ0) is 19.7. The van der Waals surface area contributed by atoms with E-state index < -0.39 is 6.10 Å². The summed E-state index contributed by atoms with van der Waals surface area (Å²) in [7, 11) is 0. The number of anilines is 2. The average Bonchev–Trinajstić information content (AvgIpc) is 3.23. The van der Waals surface area contributed by atoms with E-state index in [1.54, 1.807) is 4.42 Å². The molecule has 28 heavy (non-hydrogen) atoms. The fourth-order valence-electron chi connectivity index (χ4n) is 3.45. The molecule has 1 fully saturated rings. The second-order valence-electron chi connectivity index (χ2n) is 7.50. The van der Waals surface area contributed by atoms with Gasteiger partial charge in [0, 0.05) is 31.3 Å². The van der Waals surface area contributed by atoms with Crippen LogP contribution in [0.5, 0.6) is 0 Å². The number of hydrogen-bond donors (Lipinski definition) is 3. The molecule has 0 unspecified atom stereocenters. The highest BCUT2D eigenvalue weighted by Crippen LogP contribution is 2.25. The van der Waals surface area contributed by atoms with Gasteiger partial charge in [0.2, 0.25) is 0 Å². The van der Waals surface area contributed by atoms with Crippen molar-refractivity contribution in [3.8, 4) is 0 Å². The number of fused-ring (bicyclic) bond motifs is 1. The standard InChI is InChI=1S/C20H25ClN6O/c1-13(2)15-10-23-27-19(22-9-14-6-4-3-5-7-14)8-18(25-20(15)27)24-16-11-26(21)12-17(16)28/h3-8,10,13,16-17,22,28H,9,11-12H2,1-2H3,(H,24,25)/t16-,17+/m0/s1. The van der Waals surface area contributed by atoms with E-state index in [0.29, 0.717) is 31.4 Å². The number of aliphatic hydroxyl groups excluding tert-OH is 1. The maximum Gasteiger partial charge on any atom is 0.163 e. The van der Waals surface area contributed by atoms with Crippen LogP contribution in [0.3, 0.4) is 0 Å². The second-order valence-corrected chi connectivity index (χ2v) is 7.98. The van der Waals surface area contributed by atoms with Gasteiger partial charge in [0.15, 0.2) is 5.65 Å². The Morgan fingerprint density at radius 3 is 2.71 bits per heavy atom. The van der Waals surface area contributed by atoms with Crippen molar-refractivity contribution in [3.63, 3.8) is 0 Å². The lowest BCUT2D eigenvalue weighted by atomic mass is 10.1. The summed E-state index contributed by atoms with van der Waals surface area (Å²) >= 11 is 6.05. The minimum absolute atomic E-state index is 0.167. The van der Waals surface area contributed by atoms with Gasteiger partial charge in [-0.25, -0.2) is 9.40 Å². The highest BCUT2D eigenvalue weighted by molar-refractivity contribution is 6.13. The van der Waals surface area contributed by atoms with Crippen LogP contribution < -0.4 is 10.6 Å². The van der Waals surface area contributed by atoms with E-state index >= 15 is 0 Å². The molecule has 0 spiro atoms. The Morgan fingerprint density at radius 2 is 2.04 bits per heavy atom. The van der Waals surface area contributed by atoms with Crippen LogP contribution in [0, 0.1) is 0 Å². The summed E-state index contributed by atoms with van der Waals surface area (Å²) in [4.78, 5) is 4.77. The van der Waals surface area contributed by atoms with Gasteiger partial charge in [0.05, 0.1) is 18.3 Å². The molecule has 0 amide bonds. The van der Waals surface area contributed by atoms with Crippen molar-refractivity contribution >= 4 is 29.1 Å². The molecule has 3 N–H and O–H groups in total. The molecule has 0 bridgehead atoms. The van der Waals surface area contributed by atoms with Crippen LogP contribution in [-0.4, -0.2) is 49.4 Å². The quantitative estimate of drug-likeness (QED) is 0.552. The number of benzene rings is 1. The number of aliphatic hydroxyl groups is 1. The van der Waals surface area contributed by atoms with Gasteiger partial charge in [-0.3, -0.25) is 0 Å². The molecular weight excluding hydrogens is 376 g/mol. The van der Waals surface area contributed by atoms with Crippen LogP contribution in [0.25, 0.3) is 5.65 Å². The van der Waals surface area contributed by atoms with Gasteiger partial charge in [-0.05, 0) is 23.3 Å². The third-order valence-electron chi connectivity index (χ3n) is 5.02. The largest absolute Gasteiger partial charge is 0.390 e. The second kappa shape index (κ2) is 7.95. The van der Waals surface area contributed by atoms with Crippen molar-refractivity contribution in [1.82, 2.24) is 19.0 Å². The lowest BCUT2D eigenvalue weighted by molar-refractivity contribution is 0.180. The van der Waals surface area contributed by atoms with E-state index in [1.165, 1.54) is 5.56 Å². The van der Waals surface area contributed by atoms with E-state index in [-0.39, 0.29) is 6.04 Å². The zero-order valence-electron chi connectivity index (χ0n) is 16.0. The summed E-state index contributed by atoms with van der Waals surface area (Å²) in [5, 5.41) is 21.5. The fourth-order valence-corrected chi connectivity index (χ4v) is 3.74. The molecule has 8 heteroatoms. The minimum atomic E-state index is -0.536. The molecule has 7 nitrogen and oxygen atoms in total. The summed E-state index contributed by atoms with van der Waals surface area (Å²) in [6.45, 7) is 5.92. The summed E-state index contributed by atoms with van der Waals surface area (Å²) in [5.41, 5.74) is 3.07. The Balaban J connectivity index is 1.66. The molecule has 3 heterocycles. The molecular formula is C20H25ClN6O. The number of halogens is 1. The van der Waals surface area contributed by atoms with Crippen molar-refractivity contribution in [2.75, 3.05) is 23.7 Å². The Bertz CT molecular complexity index is 945.